The fourth-order valence-corrected chi connectivity index (χ4v) is 6.92. The van der Waals surface area contributed by atoms with E-state index in [1.165, 1.54) is 107 Å². The number of carboxylic acid groups (broad SMARTS) is 2. The number of carboxylic acids is 2. The number of fused-ring (bicyclic) bond motifs is 4. The molecule has 6 aromatic rings. The summed E-state index contributed by atoms with van der Waals surface area (Å²) in [5, 5.41) is 27.6. The maximum absolute atomic E-state index is 10.5. The molecular weight excluding hydrogens is 787 g/mol. The van der Waals surface area contributed by atoms with Crippen LogP contribution in [0.3, 0.4) is 0 Å². The second kappa shape index (κ2) is 21.2. The number of pyridine rings is 2. The molecule has 2 N–H and O–H groups in total. The van der Waals surface area contributed by atoms with Crippen molar-refractivity contribution in [2.75, 3.05) is 10.6 Å². The maximum Gasteiger partial charge on any atom is 0.430 e. The predicted octanol–water partition coefficient (Wildman–Crippen LogP) is 8.19. The van der Waals surface area contributed by atoms with Crippen molar-refractivity contribution in [3.05, 3.63) is 133 Å². The average Bonchev–Trinajstić information content (AvgIpc) is 3.23. The van der Waals surface area contributed by atoms with Gasteiger partial charge in [-0.15, -0.1) is 0 Å². The van der Waals surface area contributed by atoms with E-state index in [4.69, 9.17) is 19.8 Å². The predicted molar refractivity (Wildman–Crippen MR) is 214 cm³/mol. The molecule has 4 aliphatic rings. The van der Waals surface area contributed by atoms with Gasteiger partial charge in [-0.25, -0.2) is 0 Å². The minimum absolute atomic E-state index is 0.799. The second-order valence-corrected chi connectivity index (χ2v) is 14.4. The van der Waals surface area contributed by atoms with Crippen LogP contribution in [0, 0.1) is 0 Å². The van der Waals surface area contributed by atoms with E-state index < -0.39 is 24.3 Å². The Hall–Kier alpha value is -6.18. The highest BCUT2D eigenvalue weighted by molar-refractivity contribution is 5.89. The summed E-state index contributed by atoms with van der Waals surface area (Å²) in [6.45, 7) is 3.74. The summed E-state index contributed by atoms with van der Waals surface area (Å²) in [6, 6.07) is 40.1. The summed E-state index contributed by atoms with van der Waals surface area (Å²) in [4.78, 5) is 17.6. The first-order chi connectivity index (χ1) is 28.7. The number of hydrogen-bond acceptors (Lipinski definition) is 6. The molecule has 0 saturated carbocycles. The summed E-state index contributed by atoms with van der Waals surface area (Å²) in [6.07, 6.45) is 4.52. The van der Waals surface area contributed by atoms with E-state index in [2.05, 4.69) is 141 Å². The Labute approximate surface area is 344 Å². The van der Waals surface area contributed by atoms with E-state index >= 15 is 0 Å². The van der Waals surface area contributed by atoms with Crippen molar-refractivity contribution in [1.29, 1.82) is 0 Å². The van der Waals surface area contributed by atoms with Crippen LogP contribution in [-0.4, -0.2) is 24.3 Å². The quantitative estimate of drug-likeness (QED) is 0.118. The molecule has 0 spiro atoms. The number of benzene rings is 4. The topological polar surface area (TPSA) is 112 Å². The zero-order valence-corrected chi connectivity index (χ0v) is 32.8. The first kappa shape index (κ1) is 44.9. The number of para-hydroxylation sites is 2. The largest absolute Gasteiger partial charge is 0.542 e. The normalized spacial score (nSPS) is 14.2. The summed E-state index contributed by atoms with van der Waals surface area (Å²) in [5.74, 6) is -6.01. The van der Waals surface area contributed by atoms with Crippen molar-refractivity contribution in [3.8, 4) is 11.1 Å². The smallest absolute Gasteiger partial charge is 0.430 e. The van der Waals surface area contributed by atoms with Gasteiger partial charge in [0.05, 0.1) is 22.1 Å². The van der Waals surface area contributed by atoms with Gasteiger partial charge in [0.2, 0.25) is 11.0 Å². The number of rotatable bonds is 0. The van der Waals surface area contributed by atoms with Gasteiger partial charge in [0.1, 0.15) is 25.0 Å². The molecule has 316 valence electrons. The lowest BCUT2D eigenvalue weighted by atomic mass is 10.0. The number of aromatic nitrogens is 2. The number of nitrogens with one attached hydrogen (secondary N) is 2. The van der Waals surface area contributed by atoms with E-state index in [9.17, 15) is 26.3 Å². The number of aliphatic carboxylic acids is 2. The zero-order valence-electron chi connectivity index (χ0n) is 32.8. The molecule has 0 unspecified atom stereocenters. The molecule has 0 fully saturated rings. The molecule has 0 aliphatic carbocycles. The Morgan fingerprint density at radius 2 is 0.783 bits per heavy atom. The van der Waals surface area contributed by atoms with Crippen LogP contribution in [-0.2, 0) is 35.8 Å². The van der Waals surface area contributed by atoms with Crippen LogP contribution in [0.15, 0.2) is 122 Å². The van der Waals surface area contributed by atoms with Crippen LogP contribution in [0.5, 0.6) is 0 Å². The number of aryl methyl sites for hydroxylation is 2. The molecular formula is C46H46F6N4O4. The molecule has 60 heavy (non-hydrogen) atoms. The first-order valence-electron chi connectivity index (χ1n) is 19.8. The third-order valence-corrected chi connectivity index (χ3v) is 10.1. The Morgan fingerprint density at radius 3 is 1.12 bits per heavy atom. The summed E-state index contributed by atoms with van der Waals surface area (Å²) < 4.78 is 68.0. The van der Waals surface area contributed by atoms with E-state index in [1.807, 2.05) is 0 Å². The van der Waals surface area contributed by atoms with Crippen LogP contribution in [0.2, 0.25) is 0 Å². The highest BCUT2D eigenvalue weighted by Gasteiger charge is 2.29. The number of nitrogens with zero attached hydrogens (tertiary/aromatic N) is 2. The number of carbonyl (C=O) groups is 2. The summed E-state index contributed by atoms with van der Waals surface area (Å²) in [5.41, 5.74) is 10.1. The first-order valence-corrected chi connectivity index (χ1v) is 19.8. The molecule has 8 bridgehead atoms. The highest BCUT2D eigenvalue weighted by Crippen LogP contribution is 2.25. The lowest BCUT2D eigenvalue weighted by molar-refractivity contribution is -0.672. The van der Waals surface area contributed by atoms with E-state index in [0.717, 1.165) is 26.2 Å². The highest BCUT2D eigenvalue weighted by atomic mass is 19.4. The van der Waals surface area contributed by atoms with Crippen LogP contribution >= 0.6 is 0 Å². The number of carbonyl (C=O) groups excluding carboxylic acids is 2. The van der Waals surface area contributed by atoms with Crippen LogP contribution in [0.1, 0.15) is 62.5 Å². The van der Waals surface area contributed by atoms with Gasteiger partial charge >= 0.3 is 12.4 Å². The fraction of sp³-hybridized carbons (Fsp3) is 0.304. The van der Waals surface area contributed by atoms with Crippen molar-refractivity contribution in [3.63, 3.8) is 0 Å². The van der Waals surface area contributed by atoms with Crippen LogP contribution < -0.4 is 30.0 Å². The van der Waals surface area contributed by atoms with E-state index in [0.29, 0.717) is 0 Å². The van der Waals surface area contributed by atoms with Gasteiger partial charge < -0.3 is 30.4 Å². The zero-order chi connectivity index (χ0) is 43.1. The summed E-state index contributed by atoms with van der Waals surface area (Å²) in [7, 11) is 0. The number of hydrogen-bond donors (Lipinski definition) is 2. The summed E-state index contributed by atoms with van der Waals surface area (Å²) >= 11 is 0. The molecule has 8 nitrogen and oxygen atoms in total. The Morgan fingerprint density at radius 1 is 0.467 bits per heavy atom. The van der Waals surface area contributed by atoms with Crippen LogP contribution in [0.4, 0.5) is 37.7 Å². The Bertz CT molecular complexity index is 2170. The van der Waals surface area contributed by atoms with E-state index in [-0.39, 0.29) is 0 Å². The lowest BCUT2D eigenvalue weighted by Gasteiger charge is -2.12. The molecule has 6 heterocycles. The van der Waals surface area contributed by atoms with Gasteiger partial charge in [-0.1, -0.05) is 98.5 Å². The molecule has 4 aromatic carbocycles. The third-order valence-electron chi connectivity index (χ3n) is 10.1. The molecule has 0 saturated heterocycles. The molecule has 0 atom stereocenters. The maximum atomic E-state index is 10.5. The van der Waals surface area contributed by atoms with E-state index in [1.54, 1.807) is 0 Å². The molecule has 0 radical (unpaired) electrons. The average molecular weight is 833 g/mol. The van der Waals surface area contributed by atoms with Crippen molar-refractivity contribution < 1.29 is 55.3 Å². The standard InChI is InChI=1S/C42H44N4.2C2HF3O2/c1-2-4-6-12-28-46-30-26-40(38-14-8-10-16-42(38)46)44-32-34-19-23-36(24-20-34)35-21-17-33(18-22-35)31-43-39-25-29-45(27-11-5-3-1)41-15-9-7-13-37(39)41;2*3-2(4,5)1(6)7/h7-10,13-26,29-30H,1-6,11-12,27-28,31-32H2;2*(H,6,7). The van der Waals surface area contributed by atoms with Gasteiger partial charge in [-0.05, 0) is 47.2 Å². The third kappa shape index (κ3) is 13.2. The van der Waals surface area contributed by atoms with Gasteiger partial charge in [0, 0.05) is 50.2 Å². The second-order valence-electron chi connectivity index (χ2n) is 14.4. The Kier molecular flexibility index (Phi) is 15.9. The van der Waals surface area contributed by atoms with Gasteiger partial charge in [0.15, 0.2) is 12.4 Å². The minimum Gasteiger partial charge on any atom is -0.542 e. The number of alkyl halides is 6. The molecule has 4 aliphatic heterocycles. The van der Waals surface area contributed by atoms with Crippen molar-refractivity contribution in [2.45, 2.75) is 89.9 Å². The fourth-order valence-electron chi connectivity index (χ4n) is 6.92. The number of anilines is 2. The van der Waals surface area contributed by atoms with Crippen molar-refractivity contribution in [1.82, 2.24) is 0 Å². The molecule has 14 heteroatoms. The SMILES string of the molecule is O=C([O-])C(F)(F)F.O=C([O-])C(F)(F)F.c1ccc2c(c1)c1cc[n+]2CCCCCCCCCC[n+]2ccc(c3ccccc32)NCc2ccc(cc2)-c2ccc(cc2)CN1. The molecule has 0 amide bonds. The molecule has 2 aromatic heterocycles. The lowest BCUT2D eigenvalue weighted by Crippen LogP contribution is -2.37. The van der Waals surface area contributed by atoms with Crippen LogP contribution in [0.25, 0.3) is 32.9 Å². The van der Waals surface area contributed by atoms with Crippen molar-refractivity contribution in [2.24, 2.45) is 0 Å². The van der Waals surface area contributed by atoms with Gasteiger partial charge in [0.25, 0.3) is 0 Å². The number of halogens is 6. The van der Waals surface area contributed by atoms with Gasteiger partial charge in [-0.2, -0.15) is 35.5 Å². The minimum atomic E-state index is -5.19. The Balaban J connectivity index is 0.000000420. The monoisotopic (exact) mass is 832 g/mol. The molecule has 10 rings (SSSR count). The van der Waals surface area contributed by atoms with Crippen molar-refractivity contribution >= 4 is 45.1 Å². The van der Waals surface area contributed by atoms with Gasteiger partial charge in [-0.3, -0.25) is 0 Å².